The molecule has 0 heterocycles. The summed E-state index contributed by atoms with van der Waals surface area (Å²) in [5.41, 5.74) is 6.66. The summed E-state index contributed by atoms with van der Waals surface area (Å²) in [6.45, 7) is 5.31. The number of carbonyl (C=O) groups is 1. The third-order valence-corrected chi connectivity index (χ3v) is 3.81. The molecule has 1 unspecified atom stereocenters. The fourth-order valence-electron chi connectivity index (χ4n) is 2.37. The van der Waals surface area contributed by atoms with Gasteiger partial charge in [-0.15, -0.1) is 0 Å². The van der Waals surface area contributed by atoms with Gasteiger partial charge < -0.3 is 21.3 Å². The summed E-state index contributed by atoms with van der Waals surface area (Å²) in [7, 11) is 0. The van der Waals surface area contributed by atoms with Crippen molar-refractivity contribution in [3.05, 3.63) is 24.0 Å². The Morgan fingerprint density at radius 1 is 1.45 bits per heavy atom. The Morgan fingerprint density at radius 2 is 2.05 bits per heavy atom. The van der Waals surface area contributed by atoms with Gasteiger partial charge in [-0.3, -0.25) is 4.79 Å². The molecule has 0 aliphatic heterocycles. The smallest absolute Gasteiger partial charge is 0.223 e. The first-order valence-corrected chi connectivity index (χ1v) is 7.14. The van der Waals surface area contributed by atoms with Gasteiger partial charge >= 0.3 is 0 Å². The van der Waals surface area contributed by atoms with Crippen LogP contribution in [0.3, 0.4) is 0 Å². The van der Waals surface area contributed by atoms with Gasteiger partial charge in [0.15, 0.2) is 0 Å². The lowest BCUT2D eigenvalue weighted by molar-refractivity contribution is -0.126. The minimum Gasteiger partial charge on any atom is -0.510 e. The van der Waals surface area contributed by atoms with Gasteiger partial charge in [0.05, 0.1) is 12.6 Å². The SMILES string of the molecule is C=C(C)C(C/C=C(/O)CO)NC(=O)C1CCC(N)CC1. The summed E-state index contributed by atoms with van der Waals surface area (Å²) in [6.07, 6.45) is 5.37. The molecule has 1 rings (SSSR count). The topological polar surface area (TPSA) is 95.6 Å². The van der Waals surface area contributed by atoms with Gasteiger partial charge in [-0.2, -0.15) is 0 Å². The number of rotatable bonds is 6. The molecule has 0 saturated heterocycles. The molecule has 0 radical (unpaired) electrons. The quantitative estimate of drug-likeness (QED) is 0.437. The molecular formula is C15H26N2O3. The molecular weight excluding hydrogens is 256 g/mol. The number of hydrogen-bond acceptors (Lipinski definition) is 4. The lowest BCUT2D eigenvalue weighted by Crippen LogP contribution is -2.41. The largest absolute Gasteiger partial charge is 0.510 e. The number of nitrogens with two attached hydrogens (primary N) is 1. The molecule has 5 heteroatoms. The van der Waals surface area contributed by atoms with E-state index < -0.39 is 6.61 Å². The number of amides is 1. The van der Waals surface area contributed by atoms with Crippen molar-refractivity contribution in [2.24, 2.45) is 11.7 Å². The highest BCUT2D eigenvalue weighted by atomic mass is 16.3. The molecule has 0 aromatic rings. The minimum absolute atomic E-state index is 0.0204. The Kier molecular flexibility index (Phi) is 6.75. The summed E-state index contributed by atoms with van der Waals surface area (Å²) < 4.78 is 0. The lowest BCUT2D eigenvalue weighted by Gasteiger charge is -2.27. The highest BCUT2D eigenvalue weighted by Crippen LogP contribution is 2.23. The zero-order chi connectivity index (χ0) is 15.1. The average molecular weight is 282 g/mol. The summed E-state index contributed by atoms with van der Waals surface area (Å²) >= 11 is 0. The maximum Gasteiger partial charge on any atom is 0.223 e. The molecule has 5 N–H and O–H groups in total. The van der Waals surface area contributed by atoms with E-state index in [0.29, 0.717) is 6.42 Å². The van der Waals surface area contributed by atoms with Gasteiger partial charge in [0.1, 0.15) is 5.76 Å². The predicted octanol–water partition coefficient (Wildman–Crippen LogP) is 1.39. The normalized spacial score (nSPS) is 25.1. The van der Waals surface area contributed by atoms with Gasteiger partial charge in [0.25, 0.3) is 0 Å². The molecule has 1 saturated carbocycles. The fraction of sp³-hybridized carbons (Fsp3) is 0.667. The van der Waals surface area contributed by atoms with E-state index in [1.54, 1.807) is 0 Å². The van der Waals surface area contributed by atoms with Crippen LogP contribution in [0.2, 0.25) is 0 Å². The predicted molar refractivity (Wildman–Crippen MR) is 79.1 cm³/mol. The van der Waals surface area contributed by atoms with Crippen LogP contribution in [0.15, 0.2) is 24.0 Å². The van der Waals surface area contributed by atoms with E-state index in [9.17, 15) is 9.90 Å². The van der Waals surface area contributed by atoms with Crippen molar-refractivity contribution in [2.75, 3.05) is 6.61 Å². The molecule has 1 amide bonds. The Hall–Kier alpha value is -1.33. The van der Waals surface area contributed by atoms with Crippen LogP contribution in [0.4, 0.5) is 0 Å². The van der Waals surface area contributed by atoms with Crippen LogP contribution >= 0.6 is 0 Å². The second-order valence-corrected chi connectivity index (χ2v) is 5.61. The van der Waals surface area contributed by atoms with Crippen LogP contribution in [0.1, 0.15) is 39.0 Å². The highest BCUT2D eigenvalue weighted by molar-refractivity contribution is 5.79. The van der Waals surface area contributed by atoms with Gasteiger partial charge in [-0.25, -0.2) is 0 Å². The molecule has 1 fully saturated rings. The molecule has 5 nitrogen and oxygen atoms in total. The number of aliphatic hydroxyl groups is 2. The molecule has 1 aliphatic carbocycles. The van der Waals surface area contributed by atoms with E-state index in [1.807, 2.05) is 6.92 Å². The Balaban J connectivity index is 2.52. The van der Waals surface area contributed by atoms with Crippen LogP contribution in [-0.2, 0) is 4.79 Å². The molecule has 20 heavy (non-hydrogen) atoms. The van der Waals surface area contributed by atoms with Crippen molar-refractivity contribution in [3.63, 3.8) is 0 Å². The maximum atomic E-state index is 12.2. The zero-order valence-electron chi connectivity index (χ0n) is 12.1. The summed E-state index contributed by atoms with van der Waals surface area (Å²) in [4.78, 5) is 12.2. The lowest BCUT2D eigenvalue weighted by atomic mass is 9.85. The van der Waals surface area contributed by atoms with Crippen molar-refractivity contribution in [1.82, 2.24) is 5.32 Å². The van der Waals surface area contributed by atoms with E-state index in [1.165, 1.54) is 6.08 Å². The monoisotopic (exact) mass is 282 g/mol. The summed E-state index contributed by atoms with van der Waals surface area (Å²) in [5, 5.41) is 21.0. The molecule has 1 atom stereocenters. The maximum absolute atomic E-state index is 12.2. The Morgan fingerprint density at radius 3 is 2.55 bits per heavy atom. The molecule has 0 aromatic carbocycles. The third-order valence-electron chi connectivity index (χ3n) is 3.81. The molecule has 1 aliphatic rings. The number of nitrogens with one attached hydrogen (secondary N) is 1. The van der Waals surface area contributed by atoms with Gasteiger partial charge in [-0.1, -0.05) is 12.2 Å². The second kappa shape index (κ2) is 8.07. The Labute approximate surface area is 120 Å². The van der Waals surface area contributed by atoms with E-state index in [-0.39, 0.29) is 29.7 Å². The van der Waals surface area contributed by atoms with E-state index in [4.69, 9.17) is 10.8 Å². The van der Waals surface area contributed by atoms with Crippen molar-refractivity contribution in [2.45, 2.75) is 51.1 Å². The van der Waals surface area contributed by atoms with Crippen molar-refractivity contribution < 1.29 is 15.0 Å². The van der Waals surface area contributed by atoms with E-state index >= 15 is 0 Å². The van der Waals surface area contributed by atoms with Crippen molar-refractivity contribution >= 4 is 5.91 Å². The van der Waals surface area contributed by atoms with Gasteiger partial charge in [-0.05, 0) is 45.1 Å². The first kappa shape index (κ1) is 16.7. The van der Waals surface area contributed by atoms with E-state index in [0.717, 1.165) is 31.3 Å². The highest BCUT2D eigenvalue weighted by Gasteiger charge is 2.26. The zero-order valence-corrected chi connectivity index (χ0v) is 12.1. The number of carbonyl (C=O) groups excluding carboxylic acids is 1. The van der Waals surface area contributed by atoms with Crippen LogP contribution in [-0.4, -0.2) is 34.8 Å². The average Bonchev–Trinajstić information content (AvgIpc) is 2.43. The first-order chi connectivity index (χ1) is 9.43. The second-order valence-electron chi connectivity index (χ2n) is 5.61. The van der Waals surface area contributed by atoms with Crippen molar-refractivity contribution in [1.29, 1.82) is 0 Å². The molecule has 0 spiro atoms. The van der Waals surface area contributed by atoms with Crippen molar-refractivity contribution in [3.8, 4) is 0 Å². The third kappa shape index (κ3) is 5.35. The molecule has 114 valence electrons. The van der Waals surface area contributed by atoms with Gasteiger partial charge in [0, 0.05) is 12.0 Å². The van der Waals surface area contributed by atoms with E-state index in [2.05, 4.69) is 11.9 Å². The van der Waals surface area contributed by atoms with Crippen LogP contribution in [0.5, 0.6) is 0 Å². The van der Waals surface area contributed by atoms with Crippen LogP contribution in [0.25, 0.3) is 0 Å². The standard InChI is InChI=1S/C15H26N2O3/c1-10(2)14(8-7-13(19)9-18)17-15(20)11-3-5-12(16)6-4-11/h7,11-12,14,18-19H,1,3-6,8-9,16H2,2H3,(H,17,20)/b13-7+. The number of hydrogen-bond donors (Lipinski definition) is 4. The molecule has 0 aromatic heterocycles. The van der Waals surface area contributed by atoms with Gasteiger partial charge in [0.2, 0.25) is 5.91 Å². The van der Waals surface area contributed by atoms with Crippen LogP contribution in [0, 0.1) is 5.92 Å². The molecule has 0 bridgehead atoms. The number of aliphatic hydroxyl groups excluding tert-OH is 2. The summed E-state index contributed by atoms with van der Waals surface area (Å²) in [5.74, 6) is -0.0389. The fourth-order valence-corrected chi connectivity index (χ4v) is 2.37. The first-order valence-electron chi connectivity index (χ1n) is 7.14. The Bertz CT molecular complexity index is 371. The minimum atomic E-state index is -0.391. The summed E-state index contributed by atoms with van der Waals surface area (Å²) in [6, 6.07) is 0.00669. The van der Waals surface area contributed by atoms with Crippen LogP contribution < -0.4 is 11.1 Å².